The molecule has 2 aromatic carbocycles. The first kappa shape index (κ1) is 15.8. The highest BCUT2D eigenvalue weighted by Crippen LogP contribution is 2.40. The average Bonchev–Trinajstić information content (AvgIpc) is 3.44. The zero-order chi connectivity index (χ0) is 17.2. The Labute approximate surface area is 147 Å². The van der Waals surface area contributed by atoms with Gasteiger partial charge in [0.15, 0.2) is 5.76 Å². The number of aryl methyl sites for hydroxylation is 1. The van der Waals surface area contributed by atoms with Crippen LogP contribution >= 0.6 is 0 Å². The number of hydrogen-bond donors (Lipinski definition) is 0. The summed E-state index contributed by atoms with van der Waals surface area (Å²) in [4.78, 5) is 10.7. The molecule has 0 atom stereocenters. The van der Waals surface area contributed by atoms with Crippen LogP contribution in [0.15, 0.2) is 53.1 Å². The minimum absolute atomic E-state index is 0.487. The number of nitrogens with zero attached hydrogens (tertiary/aromatic N) is 1. The van der Waals surface area contributed by atoms with Gasteiger partial charge in [0, 0.05) is 17.5 Å². The molecule has 1 saturated carbocycles. The second-order valence-electron chi connectivity index (χ2n) is 6.75. The Morgan fingerprint density at radius 3 is 2.20 bits per heavy atom. The van der Waals surface area contributed by atoms with Crippen LogP contribution in [0.3, 0.4) is 0 Å². The van der Waals surface area contributed by atoms with E-state index in [-0.39, 0.29) is 0 Å². The van der Waals surface area contributed by atoms with Crippen LogP contribution in [0.4, 0.5) is 0 Å². The molecule has 126 valence electrons. The highest BCUT2D eigenvalue weighted by Gasteiger charge is 2.23. The molecule has 0 bridgehead atoms. The van der Waals surface area contributed by atoms with E-state index in [4.69, 9.17) is 4.52 Å². The first-order chi connectivity index (χ1) is 12.3. The standard InChI is InChI=1S/C22H21NO2/c1-15-21(3-2-14-24)22(25-23-15)20-12-10-19(11-13-20)18-8-6-17(7-9-18)16-4-5-16/h6-14,16H,2-5H2,1H3. The summed E-state index contributed by atoms with van der Waals surface area (Å²) in [6.45, 7) is 1.92. The monoisotopic (exact) mass is 331 g/mol. The SMILES string of the molecule is Cc1noc(-c2ccc(-c3ccc(C4CC4)cc3)cc2)c1CCC=O. The third-order valence-electron chi connectivity index (χ3n) is 4.94. The molecule has 1 aliphatic rings. The van der Waals surface area contributed by atoms with Crippen molar-refractivity contribution in [1.29, 1.82) is 0 Å². The molecule has 0 spiro atoms. The number of carbonyl (C=O) groups excluding carboxylic acids is 1. The molecule has 1 fully saturated rings. The van der Waals surface area contributed by atoms with Gasteiger partial charge in [-0.3, -0.25) is 0 Å². The zero-order valence-electron chi connectivity index (χ0n) is 14.4. The van der Waals surface area contributed by atoms with E-state index in [0.29, 0.717) is 12.8 Å². The number of hydrogen-bond acceptors (Lipinski definition) is 3. The molecule has 1 aromatic heterocycles. The lowest BCUT2D eigenvalue weighted by molar-refractivity contribution is -0.107. The summed E-state index contributed by atoms with van der Waals surface area (Å²) in [6.07, 6.45) is 4.75. The van der Waals surface area contributed by atoms with Crippen molar-refractivity contribution >= 4 is 6.29 Å². The van der Waals surface area contributed by atoms with Gasteiger partial charge in [-0.2, -0.15) is 0 Å². The fourth-order valence-corrected chi connectivity index (χ4v) is 3.29. The second-order valence-corrected chi connectivity index (χ2v) is 6.75. The lowest BCUT2D eigenvalue weighted by Gasteiger charge is -2.06. The van der Waals surface area contributed by atoms with Crippen molar-refractivity contribution in [2.75, 3.05) is 0 Å². The third kappa shape index (κ3) is 3.27. The van der Waals surface area contributed by atoms with Gasteiger partial charge in [-0.1, -0.05) is 53.7 Å². The zero-order valence-corrected chi connectivity index (χ0v) is 14.4. The van der Waals surface area contributed by atoms with Gasteiger partial charge in [-0.25, -0.2) is 0 Å². The molecule has 0 saturated heterocycles. The van der Waals surface area contributed by atoms with Crippen LogP contribution in [0, 0.1) is 6.92 Å². The van der Waals surface area contributed by atoms with E-state index < -0.39 is 0 Å². The highest BCUT2D eigenvalue weighted by molar-refractivity contribution is 5.70. The second kappa shape index (κ2) is 6.67. The van der Waals surface area contributed by atoms with Crippen LogP contribution in [0.25, 0.3) is 22.5 Å². The van der Waals surface area contributed by atoms with Crippen molar-refractivity contribution in [3.63, 3.8) is 0 Å². The average molecular weight is 331 g/mol. The molecule has 3 aromatic rings. The molecule has 0 radical (unpaired) electrons. The van der Waals surface area contributed by atoms with Crippen LogP contribution < -0.4 is 0 Å². The molecule has 4 rings (SSSR count). The van der Waals surface area contributed by atoms with Gasteiger partial charge < -0.3 is 9.32 Å². The fraction of sp³-hybridized carbons (Fsp3) is 0.273. The molecular formula is C22H21NO2. The van der Waals surface area contributed by atoms with E-state index in [9.17, 15) is 4.79 Å². The Hall–Kier alpha value is -2.68. The van der Waals surface area contributed by atoms with Crippen LogP contribution in [-0.4, -0.2) is 11.4 Å². The van der Waals surface area contributed by atoms with Gasteiger partial charge in [0.2, 0.25) is 0 Å². The lowest BCUT2D eigenvalue weighted by atomic mass is 9.98. The maximum absolute atomic E-state index is 10.7. The molecule has 0 aliphatic heterocycles. The first-order valence-corrected chi connectivity index (χ1v) is 8.86. The summed E-state index contributed by atoms with van der Waals surface area (Å²) in [5, 5.41) is 4.07. The topological polar surface area (TPSA) is 43.1 Å². The molecule has 3 nitrogen and oxygen atoms in total. The van der Waals surface area contributed by atoms with Crippen molar-refractivity contribution < 1.29 is 9.32 Å². The maximum Gasteiger partial charge on any atom is 0.170 e. The van der Waals surface area contributed by atoms with Crippen LogP contribution in [0.1, 0.15) is 42.0 Å². The molecule has 25 heavy (non-hydrogen) atoms. The summed E-state index contributed by atoms with van der Waals surface area (Å²) in [6, 6.07) is 17.3. The van der Waals surface area contributed by atoms with Gasteiger partial charge in [-0.15, -0.1) is 0 Å². The summed E-state index contributed by atoms with van der Waals surface area (Å²) in [5.41, 5.74) is 6.75. The molecule has 0 unspecified atom stereocenters. The summed E-state index contributed by atoms with van der Waals surface area (Å²) in [7, 11) is 0. The van der Waals surface area contributed by atoms with Gasteiger partial charge in [-0.05, 0) is 48.8 Å². The van der Waals surface area contributed by atoms with E-state index in [1.807, 2.05) is 6.92 Å². The maximum atomic E-state index is 10.7. The van der Waals surface area contributed by atoms with Crippen molar-refractivity contribution in [3.8, 4) is 22.5 Å². The van der Waals surface area contributed by atoms with Gasteiger partial charge in [0.05, 0.1) is 5.69 Å². The van der Waals surface area contributed by atoms with E-state index in [2.05, 4.69) is 53.7 Å². The summed E-state index contributed by atoms with van der Waals surface area (Å²) in [5.74, 6) is 1.56. The normalized spacial score (nSPS) is 13.8. The van der Waals surface area contributed by atoms with E-state index in [1.54, 1.807) is 0 Å². The molecule has 0 amide bonds. The minimum atomic E-state index is 0.487. The van der Waals surface area contributed by atoms with Crippen molar-refractivity contribution in [2.45, 2.75) is 38.5 Å². The third-order valence-corrected chi connectivity index (χ3v) is 4.94. The van der Waals surface area contributed by atoms with E-state index >= 15 is 0 Å². The largest absolute Gasteiger partial charge is 0.356 e. The van der Waals surface area contributed by atoms with Crippen LogP contribution in [-0.2, 0) is 11.2 Å². The van der Waals surface area contributed by atoms with Crippen LogP contribution in [0.5, 0.6) is 0 Å². The van der Waals surface area contributed by atoms with Gasteiger partial charge in [0.25, 0.3) is 0 Å². The Balaban J connectivity index is 1.58. The molecule has 0 N–H and O–H groups in total. The quantitative estimate of drug-likeness (QED) is 0.574. The van der Waals surface area contributed by atoms with Crippen molar-refractivity contribution in [3.05, 3.63) is 65.4 Å². The molecule has 1 heterocycles. The highest BCUT2D eigenvalue weighted by atomic mass is 16.5. The predicted molar refractivity (Wildman–Crippen MR) is 98.5 cm³/mol. The van der Waals surface area contributed by atoms with E-state index in [1.165, 1.54) is 29.5 Å². The fourth-order valence-electron chi connectivity index (χ4n) is 3.29. The molecular weight excluding hydrogens is 310 g/mol. The summed E-state index contributed by atoms with van der Waals surface area (Å²) < 4.78 is 5.51. The predicted octanol–water partition coefficient (Wildman–Crippen LogP) is 5.33. The molecule has 3 heteroatoms. The Morgan fingerprint density at radius 1 is 1.00 bits per heavy atom. The number of rotatable bonds is 6. The Kier molecular flexibility index (Phi) is 4.22. The number of aromatic nitrogens is 1. The number of aldehydes is 1. The van der Waals surface area contributed by atoms with Gasteiger partial charge in [0.1, 0.15) is 6.29 Å². The smallest absolute Gasteiger partial charge is 0.170 e. The number of benzene rings is 2. The number of carbonyl (C=O) groups is 1. The van der Waals surface area contributed by atoms with Crippen LogP contribution in [0.2, 0.25) is 0 Å². The van der Waals surface area contributed by atoms with Crippen molar-refractivity contribution in [2.24, 2.45) is 0 Å². The lowest BCUT2D eigenvalue weighted by Crippen LogP contribution is -1.90. The Morgan fingerprint density at radius 2 is 1.60 bits per heavy atom. The van der Waals surface area contributed by atoms with E-state index in [0.717, 1.165) is 34.8 Å². The Bertz CT molecular complexity index is 871. The molecule has 1 aliphatic carbocycles. The first-order valence-electron chi connectivity index (χ1n) is 8.86. The van der Waals surface area contributed by atoms with Gasteiger partial charge >= 0.3 is 0 Å². The summed E-state index contributed by atoms with van der Waals surface area (Å²) >= 11 is 0. The minimum Gasteiger partial charge on any atom is -0.356 e. The van der Waals surface area contributed by atoms with Crippen molar-refractivity contribution in [1.82, 2.24) is 5.16 Å².